The van der Waals surface area contributed by atoms with Crippen LogP contribution in [0.5, 0.6) is 0 Å². The second-order valence-corrected chi connectivity index (χ2v) is 8.48. The maximum absolute atomic E-state index is 12.8. The highest BCUT2D eigenvalue weighted by Gasteiger charge is 2.16. The van der Waals surface area contributed by atoms with Crippen LogP contribution in [0.1, 0.15) is 5.56 Å². The highest BCUT2D eigenvalue weighted by atomic mass is 32.2. The standard InChI is InChI=1S/C22H19N3O2S2/c1-14-8-10-15(11-9-14)17-12-28-20-19(17)24-22(25(2)21(20)27)29-13-18(26)23-16-6-4-3-5-7-16/h3-12H,13H2,1-2H3,(H,23,26). The number of para-hydroxylation sites is 1. The Kier molecular flexibility index (Phi) is 5.51. The van der Waals surface area contributed by atoms with Crippen molar-refractivity contribution >= 4 is 44.9 Å². The van der Waals surface area contributed by atoms with Crippen molar-refractivity contribution in [3.63, 3.8) is 0 Å². The molecule has 2 heterocycles. The van der Waals surface area contributed by atoms with Gasteiger partial charge in [0.2, 0.25) is 5.91 Å². The topological polar surface area (TPSA) is 64.0 Å². The molecule has 0 saturated heterocycles. The van der Waals surface area contributed by atoms with Gasteiger partial charge >= 0.3 is 0 Å². The molecule has 0 unspecified atom stereocenters. The molecule has 29 heavy (non-hydrogen) atoms. The van der Waals surface area contributed by atoms with Gasteiger partial charge in [-0.25, -0.2) is 4.98 Å². The van der Waals surface area contributed by atoms with E-state index < -0.39 is 0 Å². The second-order valence-electron chi connectivity index (χ2n) is 6.65. The zero-order chi connectivity index (χ0) is 20.4. The van der Waals surface area contributed by atoms with E-state index in [9.17, 15) is 9.59 Å². The third-order valence-corrected chi connectivity index (χ3v) is 6.50. The van der Waals surface area contributed by atoms with Crippen molar-refractivity contribution in [3.8, 4) is 11.1 Å². The van der Waals surface area contributed by atoms with Crippen LogP contribution in [-0.2, 0) is 11.8 Å². The molecular formula is C22H19N3O2S2. The number of thiophene rings is 1. The lowest BCUT2D eigenvalue weighted by Crippen LogP contribution is -2.20. The molecule has 0 bridgehead atoms. The molecule has 1 amide bonds. The molecule has 7 heteroatoms. The Balaban J connectivity index is 1.61. The molecule has 5 nitrogen and oxygen atoms in total. The zero-order valence-electron chi connectivity index (χ0n) is 16.0. The van der Waals surface area contributed by atoms with Gasteiger partial charge in [0.05, 0.1) is 11.3 Å². The van der Waals surface area contributed by atoms with Crippen molar-refractivity contribution < 1.29 is 4.79 Å². The van der Waals surface area contributed by atoms with E-state index in [0.717, 1.165) is 16.8 Å². The molecule has 4 aromatic rings. The van der Waals surface area contributed by atoms with Crippen LogP contribution in [0.15, 0.2) is 69.9 Å². The van der Waals surface area contributed by atoms with Gasteiger partial charge in [0.1, 0.15) is 4.70 Å². The fraction of sp³-hybridized carbons (Fsp3) is 0.136. The summed E-state index contributed by atoms with van der Waals surface area (Å²) in [6.07, 6.45) is 0. The van der Waals surface area contributed by atoms with Gasteiger partial charge < -0.3 is 5.32 Å². The lowest BCUT2D eigenvalue weighted by Gasteiger charge is -2.09. The number of carbonyl (C=O) groups is 1. The summed E-state index contributed by atoms with van der Waals surface area (Å²) in [5, 5.41) is 5.35. The molecule has 4 rings (SSSR count). The van der Waals surface area contributed by atoms with Crippen molar-refractivity contribution in [2.45, 2.75) is 12.1 Å². The number of thioether (sulfide) groups is 1. The first-order valence-corrected chi connectivity index (χ1v) is 10.9. The van der Waals surface area contributed by atoms with Crippen LogP contribution >= 0.6 is 23.1 Å². The Morgan fingerprint density at radius 2 is 1.86 bits per heavy atom. The molecule has 1 N–H and O–H groups in total. The minimum Gasteiger partial charge on any atom is -0.325 e. The summed E-state index contributed by atoms with van der Waals surface area (Å²) >= 11 is 2.66. The average molecular weight is 422 g/mol. The Morgan fingerprint density at radius 1 is 1.14 bits per heavy atom. The quantitative estimate of drug-likeness (QED) is 0.375. The van der Waals surface area contributed by atoms with Crippen molar-refractivity contribution in [1.82, 2.24) is 9.55 Å². The maximum Gasteiger partial charge on any atom is 0.271 e. The van der Waals surface area contributed by atoms with Crippen LogP contribution in [0.2, 0.25) is 0 Å². The van der Waals surface area contributed by atoms with Gasteiger partial charge in [0.25, 0.3) is 5.56 Å². The highest BCUT2D eigenvalue weighted by molar-refractivity contribution is 7.99. The van der Waals surface area contributed by atoms with Crippen molar-refractivity contribution in [2.75, 3.05) is 11.1 Å². The van der Waals surface area contributed by atoms with Gasteiger partial charge in [0, 0.05) is 23.7 Å². The van der Waals surface area contributed by atoms with Gasteiger partial charge in [-0.2, -0.15) is 0 Å². The number of rotatable bonds is 5. The first kappa shape index (κ1) is 19.4. The number of fused-ring (bicyclic) bond motifs is 1. The molecule has 0 radical (unpaired) electrons. The molecule has 0 spiro atoms. The third kappa shape index (κ3) is 4.11. The van der Waals surface area contributed by atoms with E-state index in [4.69, 9.17) is 4.98 Å². The zero-order valence-corrected chi connectivity index (χ0v) is 17.6. The molecule has 0 aliphatic heterocycles. The number of carbonyl (C=O) groups excluding carboxylic acids is 1. The van der Waals surface area contributed by atoms with Crippen molar-refractivity contribution in [3.05, 3.63) is 75.9 Å². The van der Waals surface area contributed by atoms with Crippen LogP contribution < -0.4 is 10.9 Å². The normalized spacial score (nSPS) is 11.0. The molecule has 0 aliphatic carbocycles. The minimum atomic E-state index is -0.139. The van der Waals surface area contributed by atoms with E-state index >= 15 is 0 Å². The van der Waals surface area contributed by atoms with Gasteiger partial charge in [-0.15, -0.1) is 11.3 Å². The van der Waals surface area contributed by atoms with E-state index in [0.29, 0.717) is 15.4 Å². The van der Waals surface area contributed by atoms with Crippen LogP contribution in [0.4, 0.5) is 5.69 Å². The largest absolute Gasteiger partial charge is 0.325 e. The van der Waals surface area contributed by atoms with Crippen molar-refractivity contribution in [2.24, 2.45) is 7.05 Å². The Hall–Kier alpha value is -2.90. The van der Waals surface area contributed by atoms with Gasteiger partial charge in [0.15, 0.2) is 5.16 Å². The fourth-order valence-corrected chi connectivity index (χ4v) is 4.69. The Labute approximate surface area is 176 Å². The molecule has 0 fully saturated rings. The van der Waals surface area contributed by atoms with E-state index in [2.05, 4.69) is 5.32 Å². The Morgan fingerprint density at radius 3 is 2.59 bits per heavy atom. The summed E-state index contributed by atoms with van der Waals surface area (Å²) in [5.74, 6) is 0.0321. The highest BCUT2D eigenvalue weighted by Crippen LogP contribution is 2.32. The number of anilines is 1. The van der Waals surface area contributed by atoms with Gasteiger partial charge in [-0.05, 0) is 24.6 Å². The summed E-state index contributed by atoms with van der Waals surface area (Å²) in [7, 11) is 1.69. The van der Waals surface area contributed by atoms with E-state index in [-0.39, 0.29) is 17.2 Å². The second kappa shape index (κ2) is 8.23. The summed E-state index contributed by atoms with van der Waals surface area (Å²) in [6.45, 7) is 2.04. The van der Waals surface area contributed by atoms with Crippen LogP contribution in [0.3, 0.4) is 0 Å². The van der Waals surface area contributed by atoms with Gasteiger partial charge in [-0.3, -0.25) is 14.2 Å². The Bertz CT molecular complexity index is 1230. The molecule has 0 aliphatic rings. The number of hydrogen-bond donors (Lipinski definition) is 1. The van der Waals surface area contributed by atoms with Crippen LogP contribution in [-0.4, -0.2) is 21.2 Å². The molecule has 2 aromatic carbocycles. The van der Waals surface area contributed by atoms with Crippen LogP contribution in [0.25, 0.3) is 21.3 Å². The van der Waals surface area contributed by atoms with E-state index in [1.165, 1.54) is 33.2 Å². The number of hydrogen-bond acceptors (Lipinski definition) is 5. The van der Waals surface area contributed by atoms with Crippen molar-refractivity contribution in [1.29, 1.82) is 0 Å². The number of nitrogens with one attached hydrogen (secondary N) is 1. The minimum absolute atomic E-state index is 0.0932. The third-order valence-electron chi connectivity index (χ3n) is 4.51. The first-order chi connectivity index (χ1) is 14.0. The van der Waals surface area contributed by atoms with E-state index in [1.807, 2.05) is 66.9 Å². The van der Waals surface area contributed by atoms with Crippen LogP contribution in [0, 0.1) is 6.92 Å². The summed E-state index contributed by atoms with van der Waals surface area (Å²) in [5.41, 5.74) is 4.49. The number of benzene rings is 2. The average Bonchev–Trinajstić information content (AvgIpc) is 3.15. The molecule has 0 saturated carbocycles. The molecule has 2 aromatic heterocycles. The maximum atomic E-state index is 12.8. The fourth-order valence-electron chi connectivity index (χ4n) is 2.94. The molecule has 146 valence electrons. The monoisotopic (exact) mass is 421 g/mol. The predicted molar refractivity (Wildman–Crippen MR) is 121 cm³/mol. The van der Waals surface area contributed by atoms with E-state index in [1.54, 1.807) is 7.05 Å². The lowest BCUT2D eigenvalue weighted by molar-refractivity contribution is -0.113. The number of aromatic nitrogens is 2. The molecule has 0 atom stereocenters. The summed E-state index contributed by atoms with van der Waals surface area (Å²) in [4.78, 5) is 29.8. The molecular weight excluding hydrogens is 402 g/mol. The number of aryl methyl sites for hydroxylation is 1. The number of nitrogens with zero attached hydrogens (tertiary/aromatic N) is 2. The summed E-state index contributed by atoms with van der Waals surface area (Å²) < 4.78 is 2.14. The number of amides is 1. The first-order valence-electron chi connectivity index (χ1n) is 9.06. The predicted octanol–water partition coefficient (Wildman–Crippen LogP) is 4.70. The SMILES string of the molecule is Cc1ccc(-c2csc3c(=O)n(C)c(SCC(=O)Nc4ccccc4)nc23)cc1. The summed E-state index contributed by atoms with van der Waals surface area (Å²) in [6, 6.07) is 17.5. The smallest absolute Gasteiger partial charge is 0.271 e. The van der Waals surface area contributed by atoms with Gasteiger partial charge in [-0.1, -0.05) is 59.8 Å². The lowest BCUT2D eigenvalue weighted by atomic mass is 10.1.